The molecule has 2 heteroatoms. The summed E-state index contributed by atoms with van der Waals surface area (Å²) in [5, 5.41) is 9.87. The van der Waals surface area contributed by atoms with E-state index in [2.05, 4.69) is 48.0 Å². The molecule has 1 aromatic rings. The van der Waals surface area contributed by atoms with Crippen molar-refractivity contribution in [2.45, 2.75) is 39.2 Å². The zero-order chi connectivity index (χ0) is 12.5. The molecule has 0 saturated carbocycles. The van der Waals surface area contributed by atoms with Gasteiger partial charge in [0, 0.05) is 4.47 Å². The van der Waals surface area contributed by atoms with Gasteiger partial charge >= 0.3 is 0 Å². The molecule has 0 heterocycles. The van der Waals surface area contributed by atoms with Crippen molar-refractivity contribution in [1.82, 2.24) is 0 Å². The molecule has 0 saturated heterocycles. The van der Waals surface area contributed by atoms with Crippen LogP contribution in [0.25, 0.3) is 0 Å². The lowest BCUT2D eigenvalue weighted by Gasteiger charge is -2.32. The number of aliphatic hydroxyl groups is 1. The summed E-state index contributed by atoms with van der Waals surface area (Å²) < 4.78 is 1.15. The van der Waals surface area contributed by atoms with Crippen molar-refractivity contribution < 1.29 is 5.11 Å². The van der Waals surface area contributed by atoms with Gasteiger partial charge in [-0.05, 0) is 36.3 Å². The van der Waals surface area contributed by atoms with Gasteiger partial charge in [0.2, 0.25) is 0 Å². The highest BCUT2D eigenvalue weighted by molar-refractivity contribution is 9.10. The minimum absolute atomic E-state index is 0.213. The van der Waals surface area contributed by atoms with Gasteiger partial charge in [0.25, 0.3) is 0 Å². The molecule has 0 aliphatic heterocycles. The second kappa shape index (κ2) is 4.95. The number of hydrogen-bond acceptors (Lipinski definition) is 1. The average Bonchev–Trinajstić information content (AvgIpc) is 2.18. The minimum Gasteiger partial charge on any atom is -0.389 e. The normalized spacial score (nSPS) is 23.3. The lowest BCUT2D eigenvalue weighted by atomic mass is 9.75. The maximum Gasteiger partial charge on any atom is 0.0728 e. The summed E-state index contributed by atoms with van der Waals surface area (Å²) in [5.74, 6) is 0. The van der Waals surface area contributed by atoms with Gasteiger partial charge < -0.3 is 5.11 Å². The van der Waals surface area contributed by atoms with E-state index in [1.807, 2.05) is 12.1 Å². The number of hydrogen-bond donors (Lipinski definition) is 1. The Morgan fingerprint density at radius 3 is 2.71 bits per heavy atom. The highest BCUT2D eigenvalue weighted by Crippen LogP contribution is 2.37. The number of allylic oxidation sites excluding steroid dienone is 1. The molecule has 1 aromatic carbocycles. The number of aliphatic hydroxyl groups excluding tert-OH is 1. The highest BCUT2D eigenvalue weighted by Gasteiger charge is 2.27. The second-order valence-electron chi connectivity index (χ2n) is 5.71. The second-order valence-corrected chi connectivity index (χ2v) is 6.56. The van der Waals surface area contributed by atoms with Crippen LogP contribution in [0.3, 0.4) is 0 Å². The highest BCUT2D eigenvalue weighted by atomic mass is 79.9. The van der Waals surface area contributed by atoms with E-state index in [0.29, 0.717) is 0 Å². The van der Waals surface area contributed by atoms with Crippen LogP contribution in [-0.4, -0.2) is 11.2 Å². The Morgan fingerprint density at radius 2 is 2.06 bits per heavy atom. The van der Waals surface area contributed by atoms with Crippen LogP contribution in [0.4, 0.5) is 0 Å². The van der Waals surface area contributed by atoms with Gasteiger partial charge in [0.1, 0.15) is 0 Å². The Balaban J connectivity index is 2.17. The largest absolute Gasteiger partial charge is 0.389 e. The summed E-state index contributed by atoms with van der Waals surface area (Å²) in [6.45, 7) is 4.45. The van der Waals surface area contributed by atoms with Crippen molar-refractivity contribution >= 4 is 15.9 Å². The Morgan fingerprint density at radius 1 is 1.35 bits per heavy atom. The molecule has 0 radical (unpaired) electrons. The molecule has 1 aliphatic rings. The van der Waals surface area contributed by atoms with Crippen LogP contribution in [0.5, 0.6) is 0 Å². The first kappa shape index (κ1) is 12.8. The van der Waals surface area contributed by atoms with Crippen LogP contribution in [0.2, 0.25) is 0 Å². The SMILES string of the molecule is CC1(C)CC(Cc2ccccc2Br)=CC(O)C1. The van der Waals surface area contributed by atoms with Gasteiger partial charge in [-0.2, -0.15) is 0 Å². The summed E-state index contributed by atoms with van der Waals surface area (Å²) >= 11 is 3.58. The van der Waals surface area contributed by atoms with E-state index in [4.69, 9.17) is 0 Å². The molecule has 1 unspecified atom stereocenters. The van der Waals surface area contributed by atoms with Crippen molar-refractivity contribution in [3.63, 3.8) is 0 Å². The van der Waals surface area contributed by atoms with Gasteiger partial charge in [-0.1, -0.05) is 59.6 Å². The zero-order valence-electron chi connectivity index (χ0n) is 10.4. The maximum atomic E-state index is 9.87. The Kier molecular flexibility index (Phi) is 3.74. The third kappa shape index (κ3) is 3.43. The van der Waals surface area contributed by atoms with E-state index in [1.54, 1.807) is 0 Å². The van der Waals surface area contributed by atoms with E-state index < -0.39 is 0 Å². The van der Waals surface area contributed by atoms with Gasteiger partial charge in [-0.25, -0.2) is 0 Å². The van der Waals surface area contributed by atoms with E-state index in [9.17, 15) is 5.11 Å². The van der Waals surface area contributed by atoms with Gasteiger partial charge in [-0.3, -0.25) is 0 Å². The lowest BCUT2D eigenvalue weighted by Crippen LogP contribution is -2.25. The fourth-order valence-corrected chi connectivity index (χ4v) is 3.08. The fraction of sp³-hybridized carbons (Fsp3) is 0.467. The molecule has 0 bridgehead atoms. The van der Waals surface area contributed by atoms with Crippen LogP contribution in [-0.2, 0) is 6.42 Å². The zero-order valence-corrected chi connectivity index (χ0v) is 12.0. The molecule has 92 valence electrons. The first-order chi connectivity index (χ1) is 7.96. The van der Waals surface area contributed by atoms with Crippen LogP contribution < -0.4 is 0 Å². The quantitative estimate of drug-likeness (QED) is 0.814. The van der Waals surface area contributed by atoms with Crippen molar-refractivity contribution in [2.75, 3.05) is 0 Å². The minimum atomic E-state index is -0.281. The van der Waals surface area contributed by atoms with Gasteiger partial charge in [-0.15, -0.1) is 0 Å². The predicted molar refractivity (Wildman–Crippen MR) is 75.0 cm³/mol. The molecular formula is C15H19BrO. The predicted octanol–water partition coefficient (Wildman–Crippen LogP) is 4.10. The van der Waals surface area contributed by atoms with Crippen LogP contribution in [0.15, 0.2) is 40.4 Å². The van der Waals surface area contributed by atoms with E-state index in [1.165, 1.54) is 11.1 Å². The lowest BCUT2D eigenvalue weighted by molar-refractivity contribution is 0.138. The monoisotopic (exact) mass is 294 g/mol. The molecule has 1 atom stereocenters. The van der Waals surface area contributed by atoms with Gasteiger partial charge in [0.05, 0.1) is 6.10 Å². The first-order valence-electron chi connectivity index (χ1n) is 6.07. The third-order valence-electron chi connectivity index (χ3n) is 3.27. The smallest absolute Gasteiger partial charge is 0.0728 e. The Labute approximate surface area is 112 Å². The summed E-state index contributed by atoms with van der Waals surface area (Å²) in [4.78, 5) is 0. The van der Waals surface area contributed by atoms with Crippen molar-refractivity contribution in [1.29, 1.82) is 0 Å². The van der Waals surface area contributed by atoms with Crippen LogP contribution >= 0.6 is 15.9 Å². The van der Waals surface area contributed by atoms with E-state index in [0.717, 1.165) is 23.7 Å². The maximum absolute atomic E-state index is 9.87. The molecule has 1 N–H and O–H groups in total. The number of halogens is 1. The van der Waals surface area contributed by atoms with E-state index in [-0.39, 0.29) is 11.5 Å². The summed E-state index contributed by atoms with van der Waals surface area (Å²) in [5.41, 5.74) is 2.86. The molecule has 0 amide bonds. The number of benzene rings is 1. The topological polar surface area (TPSA) is 20.2 Å². The van der Waals surface area contributed by atoms with Crippen molar-refractivity contribution in [3.8, 4) is 0 Å². The van der Waals surface area contributed by atoms with Crippen molar-refractivity contribution in [2.24, 2.45) is 5.41 Å². The Bertz CT molecular complexity index is 434. The molecule has 0 fully saturated rings. The van der Waals surface area contributed by atoms with Crippen LogP contribution in [0.1, 0.15) is 32.3 Å². The average molecular weight is 295 g/mol. The van der Waals surface area contributed by atoms with E-state index >= 15 is 0 Å². The summed E-state index contributed by atoms with van der Waals surface area (Å²) in [6, 6.07) is 8.30. The van der Waals surface area contributed by atoms with Gasteiger partial charge in [0.15, 0.2) is 0 Å². The molecule has 0 spiro atoms. The molecule has 1 nitrogen and oxygen atoms in total. The van der Waals surface area contributed by atoms with Crippen LogP contribution in [0, 0.1) is 5.41 Å². The number of rotatable bonds is 2. The molecular weight excluding hydrogens is 276 g/mol. The molecule has 0 aromatic heterocycles. The molecule has 17 heavy (non-hydrogen) atoms. The third-order valence-corrected chi connectivity index (χ3v) is 4.04. The Hall–Kier alpha value is -0.600. The standard InChI is InChI=1S/C15H19BrO/c1-15(2)9-11(8-13(17)10-15)7-12-5-3-4-6-14(12)16/h3-6,8,13,17H,7,9-10H2,1-2H3. The summed E-state index contributed by atoms with van der Waals surface area (Å²) in [6.07, 6.45) is 4.63. The fourth-order valence-electron chi connectivity index (χ4n) is 2.65. The molecule has 1 aliphatic carbocycles. The molecule has 2 rings (SSSR count). The summed E-state index contributed by atoms with van der Waals surface area (Å²) in [7, 11) is 0. The first-order valence-corrected chi connectivity index (χ1v) is 6.87. The van der Waals surface area contributed by atoms with Crippen molar-refractivity contribution in [3.05, 3.63) is 46.0 Å².